The zero-order valence-corrected chi connectivity index (χ0v) is 37.2. The molecule has 2 heteroatoms. The largest absolute Gasteiger partial charge is 0.314 e. The van der Waals surface area contributed by atoms with Crippen LogP contribution in [0.25, 0.3) is 27.5 Å². The molecule has 0 spiro atoms. The number of para-hydroxylation sites is 1. The van der Waals surface area contributed by atoms with Crippen LogP contribution in [0, 0.1) is 5.92 Å². The summed E-state index contributed by atoms with van der Waals surface area (Å²) >= 11 is 0. The van der Waals surface area contributed by atoms with Gasteiger partial charge in [-0.15, -0.1) is 0 Å². The molecule has 2 nitrogen and oxygen atoms in total. The van der Waals surface area contributed by atoms with Gasteiger partial charge in [0.25, 0.3) is 0 Å². The molecule has 0 radical (unpaired) electrons. The van der Waals surface area contributed by atoms with Crippen molar-refractivity contribution in [3.05, 3.63) is 277 Å². The lowest BCUT2D eigenvalue weighted by molar-refractivity contribution is 0.670. The van der Waals surface area contributed by atoms with Crippen molar-refractivity contribution in [2.45, 2.75) is 38.5 Å². The number of hydrogen-bond donors (Lipinski definition) is 0. The van der Waals surface area contributed by atoms with Gasteiger partial charge in [0.2, 0.25) is 0 Å². The number of nitrogens with zero attached hydrogens (tertiary/aromatic N) is 2. The first-order chi connectivity index (χ1) is 32.1. The minimum atomic E-state index is 0.199. The average molecular weight is 839 g/mol. The van der Waals surface area contributed by atoms with E-state index in [1.807, 2.05) is 0 Å². The fourth-order valence-electron chi connectivity index (χ4n) is 9.71. The van der Waals surface area contributed by atoms with Gasteiger partial charge in [-0.05, 0) is 142 Å². The minimum absolute atomic E-state index is 0.199. The Bertz CT molecular complexity index is 3020. The third kappa shape index (κ3) is 8.81. The summed E-state index contributed by atoms with van der Waals surface area (Å²) in [6.45, 7) is 4.40. The molecule has 7 aromatic carbocycles. The molecule has 7 aromatic rings. The molecule has 0 aromatic heterocycles. The second-order valence-electron chi connectivity index (χ2n) is 17.2. The summed E-state index contributed by atoms with van der Waals surface area (Å²) < 4.78 is 0. The van der Waals surface area contributed by atoms with Crippen LogP contribution in [0.4, 0.5) is 28.4 Å². The highest BCUT2D eigenvalue weighted by Crippen LogP contribution is 2.41. The summed E-state index contributed by atoms with van der Waals surface area (Å²) in [4.78, 5) is 4.78. The van der Waals surface area contributed by atoms with E-state index < -0.39 is 0 Å². The van der Waals surface area contributed by atoms with E-state index in [4.69, 9.17) is 0 Å². The van der Waals surface area contributed by atoms with E-state index in [-0.39, 0.29) is 5.92 Å². The number of allylic oxidation sites excluding steroid dienone is 16. The van der Waals surface area contributed by atoms with Crippen LogP contribution in [-0.4, -0.2) is 0 Å². The van der Waals surface area contributed by atoms with Gasteiger partial charge in [0.05, 0.1) is 0 Å². The molecular formula is C63H54N2. The monoisotopic (exact) mass is 838 g/mol. The molecule has 0 N–H and O–H groups in total. The first kappa shape index (κ1) is 41.3. The molecule has 3 aliphatic rings. The molecule has 0 heterocycles. The summed E-state index contributed by atoms with van der Waals surface area (Å²) in [7, 11) is 0. The van der Waals surface area contributed by atoms with Crippen molar-refractivity contribution in [2.75, 3.05) is 9.80 Å². The predicted molar refractivity (Wildman–Crippen MR) is 278 cm³/mol. The lowest BCUT2D eigenvalue weighted by Gasteiger charge is -2.29. The molecule has 316 valence electrons. The fourth-order valence-corrected chi connectivity index (χ4v) is 9.71. The second kappa shape index (κ2) is 19.0. The number of hydrogen-bond acceptors (Lipinski definition) is 2. The summed E-state index contributed by atoms with van der Waals surface area (Å²) in [5, 5.41) is 2.54. The smallest absolute Gasteiger partial charge is 0.0462 e. The first-order valence-electron chi connectivity index (χ1n) is 23.1. The predicted octanol–water partition coefficient (Wildman–Crippen LogP) is 17.4. The fraction of sp³-hybridized carbons (Fsp3) is 0.111. The second-order valence-corrected chi connectivity index (χ2v) is 17.2. The Hall–Kier alpha value is -7.68. The van der Waals surface area contributed by atoms with Gasteiger partial charge in [0, 0.05) is 46.0 Å². The summed E-state index contributed by atoms with van der Waals surface area (Å²) in [6, 6.07) is 62.3. The van der Waals surface area contributed by atoms with E-state index in [1.54, 1.807) is 0 Å². The maximum Gasteiger partial charge on any atom is 0.0462 e. The van der Waals surface area contributed by atoms with Gasteiger partial charge in [0.1, 0.15) is 0 Å². The molecule has 0 fully saturated rings. The lowest BCUT2D eigenvalue weighted by atomic mass is 9.76. The molecule has 10 rings (SSSR count). The lowest BCUT2D eigenvalue weighted by Crippen LogP contribution is -2.17. The van der Waals surface area contributed by atoms with Crippen LogP contribution in [0.3, 0.4) is 0 Å². The van der Waals surface area contributed by atoms with Gasteiger partial charge < -0.3 is 9.80 Å². The average Bonchev–Trinajstić information content (AvgIpc) is 3.37. The van der Waals surface area contributed by atoms with Crippen LogP contribution in [-0.2, 0) is 0 Å². The number of benzene rings is 7. The van der Waals surface area contributed by atoms with Crippen molar-refractivity contribution >= 4 is 44.8 Å². The molecule has 0 bridgehead atoms. The Balaban J connectivity index is 0.895. The third-order valence-electron chi connectivity index (χ3n) is 13.1. The quantitative estimate of drug-likeness (QED) is 0.113. The van der Waals surface area contributed by atoms with Gasteiger partial charge in [-0.3, -0.25) is 0 Å². The van der Waals surface area contributed by atoms with Gasteiger partial charge in [-0.1, -0.05) is 189 Å². The number of fused-ring (bicyclic) bond motifs is 2. The van der Waals surface area contributed by atoms with Crippen LogP contribution in [0.2, 0.25) is 0 Å². The molecule has 0 amide bonds. The van der Waals surface area contributed by atoms with E-state index in [2.05, 4.69) is 272 Å². The van der Waals surface area contributed by atoms with Gasteiger partial charge in [0.15, 0.2) is 0 Å². The summed E-state index contributed by atoms with van der Waals surface area (Å²) in [6.07, 6.45) is 31.2. The van der Waals surface area contributed by atoms with Gasteiger partial charge in [-0.2, -0.15) is 0 Å². The number of rotatable bonds is 12. The first-order valence-corrected chi connectivity index (χ1v) is 23.1. The zero-order valence-electron chi connectivity index (χ0n) is 37.2. The maximum absolute atomic E-state index is 2.42. The highest BCUT2D eigenvalue weighted by molar-refractivity contribution is 5.97. The van der Waals surface area contributed by atoms with E-state index >= 15 is 0 Å². The Labute approximate surface area is 385 Å². The summed E-state index contributed by atoms with van der Waals surface area (Å²) in [5.41, 5.74) is 15.9. The Morgan fingerprint density at radius 3 is 1.95 bits per heavy atom. The minimum Gasteiger partial charge on any atom is -0.314 e. The van der Waals surface area contributed by atoms with Crippen molar-refractivity contribution < 1.29 is 0 Å². The molecular weight excluding hydrogens is 785 g/mol. The van der Waals surface area contributed by atoms with E-state index in [0.29, 0.717) is 11.8 Å². The molecule has 0 saturated carbocycles. The molecule has 3 aliphatic carbocycles. The third-order valence-corrected chi connectivity index (χ3v) is 13.1. The van der Waals surface area contributed by atoms with E-state index in [1.165, 1.54) is 66.8 Å². The van der Waals surface area contributed by atoms with Crippen LogP contribution in [0.15, 0.2) is 260 Å². The van der Waals surface area contributed by atoms with E-state index in [9.17, 15) is 0 Å². The van der Waals surface area contributed by atoms with Crippen molar-refractivity contribution in [3.63, 3.8) is 0 Å². The Morgan fingerprint density at radius 1 is 0.569 bits per heavy atom. The highest BCUT2D eigenvalue weighted by Gasteiger charge is 2.25. The molecule has 0 aliphatic heterocycles. The van der Waals surface area contributed by atoms with Crippen LogP contribution < -0.4 is 9.80 Å². The normalized spacial score (nSPS) is 17.2. The summed E-state index contributed by atoms with van der Waals surface area (Å²) in [5.74, 6) is 0.896. The standard InChI is InChI=1S/C63H54N2/c1-3-16-53(48-31-39-57(40-32-48)65(55-23-8-5-9-24-55)59-43-35-52(36-44-59)63-28-15-20-50-18-11-13-26-61(50)63)45-46(2)47-29-37-56(38-30-47)64(54-21-6-4-7-22-54)58-41-33-51(34-42-58)62-27-14-19-49-17-10-12-25-60(49)62/h3-6,8-21,23-46,61,63H,7,22H2,1-2H3/b16-3-,53-45+. The Kier molecular flexibility index (Phi) is 12.1. The van der Waals surface area contributed by atoms with Crippen LogP contribution >= 0.6 is 0 Å². The SMILES string of the molecule is C/C=C\C(=C/C(C)c1ccc(N(C2=CC=CCC2)c2ccc(-c3cccc4ccccc34)cc2)cc1)c1ccc(N(c2ccccc2)c2ccc(C3C=CC=C4C=CC=CC43)cc2)cc1. The topological polar surface area (TPSA) is 6.48 Å². The van der Waals surface area contributed by atoms with E-state index in [0.717, 1.165) is 29.9 Å². The van der Waals surface area contributed by atoms with Gasteiger partial charge >= 0.3 is 0 Å². The van der Waals surface area contributed by atoms with Crippen LogP contribution in [0.5, 0.6) is 0 Å². The van der Waals surface area contributed by atoms with Crippen molar-refractivity contribution in [1.29, 1.82) is 0 Å². The van der Waals surface area contributed by atoms with Crippen molar-refractivity contribution in [3.8, 4) is 11.1 Å². The molecule has 65 heavy (non-hydrogen) atoms. The molecule has 0 saturated heterocycles. The van der Waals surface area contributed by atoms with Crippen molar-refractivity contribution in [2.24, 2.45) is 5.92 Å². The van der Waals surface area contributed by atoms with Crippen molar-refractivity contribution in [1.82, 2.24) is 0 Å². The van der Waals surface area contributed by atoms with Crippen LogP contribution in [0.1, 0.15) is 55.2 Å². The highest BCUT2D eigenvalue weighted by atomic mass is 15.2. The maximum atomic E-state index is 2.42. The molecule has 3 atom stereocenters. The Morgan fingerprint density at radius 2 is 1.22 bits per heavy atom. The number of anilines is 5. The van der Waals surface area contributed by atoms with Gasteiger partial charge in [-0.25, -0.2) is 0 Å². The molecule has 3 unspecified atom stereocenters. The zero-order chi connectivity index (χ0) is 44.0.